The van der Waals surface area contributed by atoms with Crippen molar-refractivity contribution in [1.82, 2.24) is 0 Å². The third-order valence-electron chi connectivity index (χ3n) is 4.14. The molecule has 7 nitrogen and oxygen atoms in total. The highest BCUT2D eigenvalue weighted by molar-refractivity contribution is 6.11. The molecular formula is C17H16O7. The lowest BCUT2D eigenvalue weighted by Gasteiger charge is -2.16. The van der Waals surface area contributed by atoms with Crippen LogP contribution in [0.1, 0.15) is 18.9 Å². The second-order valence-electron chi connectivity index (χ2n) is 5.77. The second-order valence-corrected chi connectivity index (χ2v) is 5.77. The van der Waals surface area contributed by atoms with Crippen molar-refractivity contribution in [3.63, 3.8) is 0 Å². The van der Waals surface area contributed by atoms with Crippen LogP contribution in [0, 0.1) is 5.92 Å². The third kappa shape index (κ3) is 2.48. The van der Waals surface area contributed by atoms with Crippen molar-refractivity contribution in [2.24, 2.45) is 5.92 Å². The molecule has 2 unspecified atom stereocenters. The van der Waals surface area contributed by atoms with Crippen molar-refractivity contribution in [2.45, 2.75) is 19.4 Å². The molecule has 0 spiro atoms. The predicted molar refractivity (Wildman–Crippen MR) is 82.9 cm³/mol. The van der Waals surface area contributed by atoms with Crippen molar-refractivity contribution in [3.8, 4) is 11.5 Å². The van der Waals surface area contributed by atoms with Crippen LogP contribution < -0.4 is 0 Å². The molecule has 2 aliphatic rings. The van der Waals surface area contributed by atoms with Crippen LogP contribution in [0.5, 0.6) is 11.5 Å². The van der Waals surface area contributed by atoms with E-state index in [4.69, 9.17) is 4.74 Å². The molecule has 0 amide bonds. The van der Waals surface area contributed by atoms with Crippen molar-refractivity contribution in [2.75, 3.05) is 0 Å². The Balaban J connectivity index is 2.18. The monoisotopic (exact) mass is 332 g/mol. The summed E-state index contributed by atoms with van der Waals surface area (Å²) in [5, 5.41) is 49.5. The zero-order chi connectivity index (χ0) is 17.6. The molecule has 1 heterocycles. The Bertz CT molecular complexity index is 816. The van der Waals surface area contributed by atoms with Gasteiger partial charge in [0.05, 0.1) is 6.10 Å². The van der Waals surface area contributed by atoms with Gasteiger partial charge < -0.3 is 30.3 Å². The van der Waals surface area contributed by atoms with Gasteiger partial charge in [-0.05, 0) is 24.3 Å². The van der Waals surface area contributed by atoms with Crippen LogP contribution in [0.15, 0.2) is 47.1 Å². The van der Waals surface area contributed by atoms with E-state index in [0.717, 1.165) is 6.07 Å². The second kappa shape index (κ2) is 5.61. The molecule has 0 radical (unpaired) electrons. The summed E-state index contributed by atoms with van der Waals surface area (Å²) in [5.41, 5.74) is 0.103. The molecule has 1 aliphatic heterocycles. The number of aromatic hydroxyl groups is 2. The molecule has 0 saturated carbocycles. The van der Waals surface area contributed by atoms with Crippen LogP contribution in [-0.4, -0.2) is 37.4 Å². The number of rotatable bonds is 1. The van der Waals surface area contributed by atoms with Crippen molar-refractivity contribution in [3.05, 3.63) is 52.7 Å². The van der Waals surface area contributed by atoms with E-state index in [0.29, 0.717) is 0 Å². The topological polar surface area (TPSA) is 127 Å². The van der Waals surface area contributed by atoms with E-state index in [2.05, 4.69) is 0 Å². The number of fused-ring (bicyclic) bond motifs is 2. The number of carbonyl (C=O) groups excluding carboxylic acids is 1. The van der Waals surface area contributed by atoms with Crippen LogP contribution in [0.2, 0.25) is 0 Å². The Hall–Kier alpha value is -2.93. The summed E-state index contributed by atoms with van der Waals surface area (Å²) in [6.07, 6.45) is 0.226. The number of hydrogen-bond acceptors (Lipinski definition) is 7. The zero-order valence-corrected chi connectivity index (χ0v) is 12.7. The molecule has 5 N–H and O–H groups in total. The quantitative estimate of drug-likeness (QED) is 0.498. The van der Waals surface area contributed by atoms with Gasteiger partial charge in [-0.15, -0.1) is 0 Å². The molecule has 126 valence electrons. The molecule has 1 aromatic carbocycles. The summed E-state index contributed by atoms with van der Waals surface area (Å²) in [6.45, 7) is 1.55. The number of phenolic OH excluding ortho intramolecular Hbond substituents is 2. The number of carbonyl (C=O) groups is 1. The van der Waals surface area contributed by atoms with E-state index >= 15 is 0 Å². The minimum Gasteiger partial charge on any atom is -0.511 e. The first kappa shape index (κ1) is 15.9. The summed E-state index contributed by atoms with van der Waals surface area (Å²) >= 11 is 0. The van der Waals surface area contributed by atoms with Crippen LogP contribution in [0.4, 0.5) is 0 Å². The van der Waals surface area contributed by atoms with Gasteiger partial charge in [-0.1, -0.05) is 6.92 Å². The lowest BCUT2D eigenvalue weighted by Crippen LogP contribution is -2.19. The fourth-order valence-electron chi connectivity index (χ4n) is 2.65. The van der Waals surface area contributed by atoms with Gasteiger partial charge in [0.1, 0.15) is 11.5 Å². The first-order valence-corrected chi connectivity index (χ1v) is 7.28. The fourth-order valence-corrected chi connectivity index (χ4v) is 2.65. The number of ketones is 1. The van der Waals surface area contributed by atoms with Crippen LogP contribution in [-0.2, 0) is 9.53 Å². The summed E-state index contributed by atoms with van der Waals surface area (Å²) < 4.78 is 5.56. The maximum absolute atomic E-state index is 12.5. The van der Waals surface area contributed by atoms with E-state index in [-0.39, 0.29) is 40.6 Å². The number of aliphatic hydroxyl groups excluding tert-OH is 3. The average molecular weight is 332 g/mol. The number of phenols is 2. The highest BCUT2D eigenvalue weighted by Crippen LogP contribution is 2.38. The lowest BCUT2D eigenvalue weighted by atomic mass is 9.97. The maximum atomic E-state index is 12.5. The van der Waals surface area contributed by atoms with Crippen LogP contribution >= 0.6 is 0 Å². The minimum atomic E-state index is -1.06. The SMILES string of the molecule is CC1C(O)=C2CC(=CC1O)OC(c1ccc(O)c(O)c1)=C(O)C2=O. The Morgan fingerprint density at radius 3 is 2.50 bits per heavy atom. The van der Waals surface area contributed by atoms with Gasteiger partial charge in [-0.2, -0.15) is 0 Å². The first-order chi connectivity index (χ1) is 11.3. The van der Waals surface area contributed by atoms with E-state index in [1.807, 2.05) is 0 Å². The van der Waals surface area contributed by atoms with Crippen molar-refractivity contribution in [1.29, 1.82) is 0 Å². The third-order valence-corrected chi connectivity index (χ3v) is 4.14. The highest BCUT2D eigenvalue weighted by atomic mass is 16.5. The standard InChI is InChI=1S/C17H16O7/c1-7-12(19)6-9-5-10(14(7)21)15(22)16(23)17(24-9)8-2-3-11(18)13(20)4-8/h2-4,6-7,12,18-21,23H,5H2,1H3. The number of hydrogen-bond donors (Lipinski definition) is 5. The summed E-state index contributed by atoms with van der Waals surface area (Å²) in [7, 11) is 0. The van der Waals surface area contributed by atoms with Gasteiger partial charge in [-0.25, -0.2) is 0 Å². The molecule has 0 saturated heterocycles. The minimum absolute atomic E-state index is 0.0548. The molecule has 0 fully saturated rings. The highest BCUT2D eigenvalue weighted by Gasteiger charge is 2.35. The Morgan fingerprint density at radius 1 is 1.12 bits per heavy atom. The van der Waals surface area contributed by atoms with Gasteiger partial charge in [-0.3, -0.25) is 4.79 Å². The number of aliphatic hydroxyl groups is 3. The van der Waals surface area contributed by atoms with Gasteiger partial charge in [0, 0.05) is 23.5 Å². The smallest absolute Gasteiger partial charge is 0.231 e. The molecule has 0 aromatic heterocycles. The van der Waals surface area contributed by atoms with Crippen molar-refractivity contribution >= 4 is 11.5 Å². The Morgan fingerprint density at radius 2 is 1.83 bits per heavy atom. The molecular weight excluding hydrogens is 316 g/mol. The van der Waals surface area contributed by atoms with Crippen molar-refractivity contribution < 1.29 is 35.1 Å². The molecule has 24 heavy (non-hydrogen) atoms. The normalized spacial score (nSPS) is 24.2. The Labute approximate surface area is 137 Å². The molecule has 2 bridgehead atoms. The van der Waals surface area contributed by atoms with E-state index in [9.17, 15) is 30.3 Å². The number of Topliss-reactive ketones (excluding diaryl/α,β-unsaturated/α-hetero) is 1. The molecule has 3 rings (SSSR count). The summed E-state index contributed by atoms with van der Waals surface area (Å²) in [5.74, 6) is -3.41. The summed E-state index contributed by atoms with van der Waals surface area (Å²) in [4.78, 5) is 12.5. The number of allylic oxidation sites excluding steroid dienone is 2. The molecule has 1 aromatic rings. The van der Waals surface area contributed by atoms with E-state index < -0.39 is 29.3 Å². The number of ether oxygens (including phenoxy) is 1. The zero-order valence-electron chi connectivity index (χ0n) is 12.7. The largest absolute Gasteiger partial charge is 0.511 e. The van der Waals surface area contributed by atoms with Gasteiger partial charge >= 0.3 is 0 Å². The maximum Gasteiger partial charge on any atom is 0.231 e. The Kier molecular flexibility index (Phi) is 3.73. The average Bonchev–Trinajstić information content (AvgIpc) is 2.73. The van der Waals surface area contributed by atoms with E-state index in [1.165, 1.54) is 18.2 Å². The number of benzene rings is 1. The van der Waals surface area contributed by atoms with E-state index in [1.54, 1.807) is 6.92 Å². The lowest BCUT2D eigenvalue weighted by molar-refractivity contribution is -0.114. The predicted octanol–water partition coefficient (Wildman–Crippen LogP) is 2.02. The van der Waals surface area contributed by atoms with Crippen LogP contribution in [0.25, 0.3) is 5.76 Å². The molecule has 1 aliphatic carbocycles. The van der Waals surface area contributed by atoms with Crippen LogP contribution in [0.3, 0.4) is 0 Å². The fraction of sp³-hybridized carbons (Fsp3) is 0.235. The molecule has 2 atom stereocenters. The van der Waals surface area contributed by atoms with Gasteiger partial charge in [0.25, 0.3) is 0 Å². The first-order valence-electron chi connectivity index (χ1n) is 7.28. The van der Waals surface area contributed by atoms with Gasteiger partial charge in [0.2, 0.25) is 11.5 Å². The summed E-state index contributed by atoms with van der Waals surface area (Å²) in [6, 6.07) is 3.67. The van der Waals surface area contributed by atoms with Gasteiger partial charge in [0.15, 0.2) is 17.3 Å². The molecule has 7 heteroatoms.